The molecule has 0 aliphatic rings. The molecule has 0 radical (unpaired) electrons. The molecule has 0 spiro atoms. The van der Waals surface area contributed by atoms with E-state index in [1.54, 1.807) is 14.2 Å². The molecule has 0 fully saturated rings. The molecule has 134 valence electrons. The largest absolute Gasteiger partial charge is 0.497 e. The second-order valence-corrected chi connectivity index (χ2v) is 5.65. The van der Waals surface area contributed by atoms with Crippen molar-refractivity contribution in [3.05, 3.63) is 53.6 Å². The highest BCUT2D eigenvalue weighted by Crippen LogP contribution is 2.29. The van der Waals surface area contributed by atoms with Crippen LogP contribution in [0.25, 0.3) is 0 Å². The van der Waals surface area contributed by atoms with Crippen LogP contribution in [0, 0.1) is 0 Å². The Hall–Kier alpha value is -2.69. The zero-order valence-corrected chi connectivity index (χ0v) is 15.2. The van der Waals surface area contributed by atoms with Gasteiger partial charge in [0.05, 0.1) is 33.3 Å². The SMILES string of the molecule is CCOc1ccc(CC(=O)NC(C)c2ccc(OC)cc2OC)cc1. The molecule has 0 saturated heterocycles. The molecule has 0 bridgehead atoms. The molecular formula is C20H25NO4. The molecule has 25 heavy (non-hydrogen) atoms. The summed E-state index contributed by atoms with van der Waals surface area (Å²) in [5, 5.41) is 3.01. The van der Waals surface area contributed by atoms with E-state index in [4.69, 9.17) is 14.2 Å². The summed E-state index contributed by atoms with van der Waals surface area (Å²) in [5.74, 6) is 2.17. The Kier molecular flexibility index (Phi) is 6.69. The molecule has 0 aromatic heterocycles. The van der Waals surface area contributed by atoms with Crippen molar-refractivity contribution in [1.29, 1.82) is 0 Å². The minimum absolute atomic E-state index is 0.0467. The van der Waals surface area contributed by atoms with Crippen molar-refractivity contribution in [1.82, 2.24) is 5.32 Å². The first-order valence-corrected chi connectivity index (χ1v) is 8.30. The van der Waals surface area contributed by atoms with Gasteiger partial charge in [0.2, 0.25) is 5.91 Å². The van der Waals surface area contributed by atoms with Crippen LogP contribution < -0.4 is 19.5 Å². The smallest absolute Gasteiger partial charge is 0.224 e. The molecule has 2 aromatic rings. The van der Waals surface area contributed by atoms with Gasteiger partial charge in [-0.25, -0.2) is 0 Å². The van der Waals surface area contributed by atoms with Crippen LogP contribution in [0.5, 0.6) is 17.2 Å². The number of ether oxygens (including phenoxy) is 3. The van der Waals surface area contributed by atoms with Gasteiger partial charge in [-0.2, -0.15) is 0 Å². The molecule has 5 heteroatoms. The van der Waals surface area contributed by atoms with E-state index < -0.39 is 0 Å². The third-order valence-electron chi connectivity index (χ3n) is 3.88. The zero-order chi connectivity index (χ0) is 18.2. The van der Waals surface area contributed by atoms with Crippen molar-refractivity contribution in [3.8, 4) is 17.2 Å². The molecule has 0 aliphatic carbocycles. The van der Waals surface area contributed by atoms with Crippen LogP contribution >= 0.6 is 0 Å². The fraction of sp³-hybridized carbons (Fsp3) is 0.350. The minimum atomic E-state index is -0.170. The number of hydrogen-bond donors (Lipinski definition) is 1. The number of rotatable bonds is 8. The highest BCUT2D eigenvalue weighted by Gasteiger charge is 2.15. The maximum absolute atomic E-state index is 12.3. The Morgan fingerprint density at radius 3 is 2.32 bits per heavy atom. The third-order valence-corrected chi connectivity index (χ3v) is 3.88. The lowest BCUT2D eigenvalue weighted by Gasteiger charge is -2.18. The highest BCUT2D eigenvalue weighted by molar-refractivity contribution is 5.79. The van der Waals surface area contributed by atoms with E-state index in [-0.39, 0.29) is 11.9 Å². The predicted molar refractivity (Wildman–Crippen MR) is 97.4 cm³/mol. The van der Waals surface area contributed by atoms with Crippen molar-refractivity contribution in [2.45, 2.75) is 26.3 Å². The summed E-state index contributed by atoms with van der Waals surface area (Å²) in [6.07, 6.45) is 0.315. The molecule has 5 nitrogen and oxygen atoms in total. The van der Waals surface area contributed by atoms with Gasteiger partial charge in [-0.15, -0.1) is 0 Å². The van der Waals surface area contributed by atoms with Crippen LogP contribution in [0.1, 0.15) is 31.0 Å². The lowest BCUT2D eigenvalue weighted by Crippen LogP contribution is -2.28. The Morgan fingerprint density at radius 1 is 1.04 bits per heavy atom. The number of amides is 1. The summed E-state index contributed by atoms with van der Waals surface area (Å²) >= 11 is 0. The number of benzene rings is 2. The van der Waals surface area contributed by atoms with Gasteiger partial charge in [0.25, 0.3) is 0 Å². The predicted octanol–water partition coefficient (Wildman–Crippen LogP) is 3.52. The second kappa shape index (κ2) is 8.97. The lowest BCUT2D eigenvalue weighted by molar-refractivity contribution is -0.121. The molecule has 0 saturated carbocycles. The molecule has 2 rings (SSSR count). The van der Waals surface area contributed by atoms with E-state index in [1.165, 1.54) is 0 Å². The maximum Gasteiger partial charge on any atom is 0.224 e. The number of carbonyl (C=O) groups is 1. The van der Waals surface area contributed by atoms with Crippen LogP contribution in [0.2, 0.25) is 0 Å². The van der Waals surface area contributed by atoms with E-state index in [1.807, 2.05) is 56.3 Å². The molecular weight excluding hydrogens is 318 g/mol. The van der Waals surface area contributed by atoms with Gasteiger partial charge in [0.1, 0.15) is 17.2 Å². The van der Waals surface area contributed by atoms with Gasteiger partial charge in [-0.3, -0.25) is 4.79 Å². The molecule has 0 heterocycles. The molecule has 1 N–H and O–H groups in total. The Labute approximate surface area is 148 Å². The average Bonchev–Trinajstić information content (AvgIpc) is 2.62. The second-order valence-electron chi connectivity index (χ2n) is 5.65. The quantitative estimate of drug-likeness (QED) is 0.797. The van der Waals surface area contributed by atoms with Gasteiger partial charge in [0.15, 0.2) is 0 Å². The fourth-order valence-corrected chi connectivity index (χ4v) is 2.60. The average molecular weight is 343 g/mol. The van der Waals surface area contributed by atoms with Crippen molar-refractivity contribution in [2.24, 2.45) is 0 Å². The first kappa shape index (κ1) is 18.6. The van der Waals surface area contributed by atoms with Gasteiger partial charge in [0, 0.05) is 11.6 Å². The zero-order valence-electron chi connectivity index (χ0n) is 15.2. The van der Waals surface area contributed by atoms with E-state index in [0.29, 0.717) is 24.5 Å². The monoisotopic (exact) mass is 343 g/mol. The summed E-state index contributed by atoms with van der Waals surface area (Å²) in [6, 6.07) is 13.0. The summed E-state index contributed by atoms with van der Waals surface area (Å²) in [5.41, 5.74) is 1.85. The first-order valence-electron chi connectivity index (χ1n) is 8.30. The van der Waals surface area contributed by atoms with Crippen LogP contribution in [0.4, 0.5) is 0 Å². The number of hydrogen-bond acceptors (Lipinski definition) is 4. The third kappa shape index (κ3) is 5.14. The Morgan fingerprint density at radius 2 is 1.72 bits per heavy atom. The number of carbonyl (C=O) groups excluding carboxylic acids is 1. The Balaban J connectivity index is 2.00. The molecule has 1 atom stereocenters. The minimum Gasteiger partial charge on any atom is -0.497 e. The molecule has 2 aromatic carbocycles. The maximum atomic E-state index is 12.3. The topological polar surface area (TPSA) is 56.8 Å². The van der Waals surface area contributed by atoms with E-state index in [2.05, 4.69) is 5.32 Å². The van der Waals surface area contributed by atoms with Gasteiger partial charge in [-0.05, 0) is 43.7 Å². The Bertz CT molecular complexity index is 697. The van der Waals surface area contributed by atoms with Crippen molar-refractivity contribution in [3.63, 3.8) is 0 Å². The van der Waals surface area contributed by atoms with E-state index >= 15 is 0 Å². The first-order chi connectivity index (χ1) is 12.1. The van der Waals surface area contributed by atoms with Crippen LogP contribution in [0.3, 0.4) is 0 Å². The van der Waals surface area contributed by atoms with Crippen molar-refractivity contribution < 1.29 is 19.0 Å². The van der Waals surface area contributed by atoms with E-state index in [0.717, 1.165) is 16.9 Å². The van der Waals surface area contributed by atoms with Crippen LogP contribution in [-0.4, -0.2) is 26.7 Å². The van der Waals surface area contributed by atoms with E-state index in [9.17, 15) is 4.79 Å². The van der Waals surface area contributed by atoms with Crippen LogP contribution in [-0.2, 0) is 11.2 Å². The van der Waals surface area contributed by atoms with Gasteiger partial charge in [-0.1, -0.05) is 12.1 Å². The standard InChI is InChI=1S/C20H25NO4/c1-5-25-16-8-6-15(7-9-16)12-20(22)21-14(2)18-11-10-17(23-3)13-19(18)24-4/h6-11,13-14H,5,12H2,1-4H3,(H,21,22). The lowest BCUT2D eigenvalue weighted by atomic mass is 10.1. The number of nitrogens with one attached hydrogen (secondary N) is 1. The summed E-state index contributed by atoms with van der Waals surface area (Å²) in [4.78, 5) is 12.3. The van der Waals surface area contributed by atoms with Crippen LogP contribution in [0.15, 0.2) is 42.5 Å². The normalized spacial score (nSPS) is 11.5. The molecule has 0 aliphatic heterocycles. The molecule has 1 unspecified atom stereocenters. The van der Waals surface area contributed by atoms with Gasteiger partial charge < -0.3 is 19.5 Å². The van der Waals surface area contributed by atoms with Gasteiger partial charge >= 0.3 is 0 Å². The van der Waals surface area contributed by atoms with Crippen molar-refractivity contribution >= 4 is 5.91 Å². The highest BCUT2D eigenvalue weighted by atomic mass is 16.5. The summed E-state index contributed by atoms with van der Waals surface area (Å²) in [7, 11) is 3.21. The fourth-order valence-electron chi connectivity index (χ4n) is 2.60. The number of methoxy groups -OCH3 is 2. The summed E-state index contributed by atoms with van der Waals surface area (Å²) < 4.78 is 16.0. The van der Waals surface area contributed by atoms with Crippen molar-refractivity contribution in [2.75, 3.05) is 20.8 Å². The molecule has 1 amide bonds. The summed E-state index contributed by atoms with van der Waals surface area (Å²) in [6.45, 7) is 4.50.